The molecule has 2 aromatic rings. The largest absolute Gasteiger partial charge is 0.497 e. The smallest absolute Gasteiger partial charge is 0.430 e. The van der Waals surface area contributed by atoms with Crippen LogP contribution in [0.3, 0.4) is 0 Å². The number of rotatable bonds is 7. The van der Waals surface area contributed by atoms with Gasteiger partial charge in [0.2, 0.25) is 0 Å². The summed E-state index contributed by atoms with van der Waals surface area (Å²) >= 11 is 6.05. The van der Waals surface area contributed by atoms with Gasteiger partial charge in [-0.3, -0.25) is 9.59 Å². The first-order chi connectivity index (χ1) is 18.5. The van der Waals surface area contributed by atoms with Gasteiger partial charge in [-0.2, -0.15) is 13.2 Å². The first-order valence-electron chi connectivity index (χ1n) is 12.8. The molecule has 1 unspecified atom stereocenters. The van der Waals surface area contributed by atoms with Crippen LogP contribution in [0.25, 0.3) is 0 Å². The van der Waals surface area contributed by atoms with Gasteiger partial charge in [0.1, 0.15) is 22.5 Å². The minimum atomic E-state index is -5.36. The second-order valence-electron chi connectivity index (χ2n) is 10.2. The first kappa shape index (κ1) is 29.1. The molecule has 2 aliphatic heterocycles. The predicted octanol–water partition coefficient (Wildman–Crippen LogP) is 4.99. The van der Waals surface area contributed by atoms with Crippen LogP contribution >= 0.6 is 11.6 Å². The van der Waals surface area contributed by atoms with Crippen LogP contribution in [0.15, 0.2) is 30.3 Å². The normalized spacial score (nSPS) is 19.1. The number of amides is 1. The number of aliphatic hydroxyl groups is 1. The quantitative estimate of drug-likeness (QED) is 0.286. The second kappa shape index (κ2) is 11.7. The Hall–Kier alpha value is -2.92. The van der Waals surface area contributed by atoms with Crippen molar-refractivity contribution in [1.82, 2.24) is 9.88 Å². The number of ether oxygens (including phenoxy) is 1. The third-order valence-electron chi connectivity index (χ3n) is 7.74. The number of anilines is 1. The molecule has 2 aliphatic rings. The number of nitrogens with zero attached hydrogens (tertiary/aromatic N) is 3. The van der Waals surface area contributed by atoms with E-state index < -0.39 is 29.1 Å². The van der Waals surface area contributed by atoms with Gasteiger partial charge in [0.25, 0.3) is 11.5 Å². The van der Waals surface area contributed by atoms with E-state index in [1.54, 1.807) is 12.1 Å². The summed E-state index contributed by atoms with van der Waals surface area (Å²) in [6.45, 7) is 1.67. The Morgan fingerprint density at radius 1 is 1.10 bits per heavy atom. The van der Waals surface area contributed by atoms with Crippen molar-refractivity contribution in [1.29, 1.82) is 0 Å². The number of methoxy groups -OCH3 is 1. The van der Waals surface area contributed by atoms with E-state index in [0.717, 1.165) is 56.5 Å². The van der Waals surface area contributed by atoms with E-state index in [2.05, 4.69) is 9.88 Å². The van der Waals surface area contributed by atoms with E-state index >= 15 is 0 Å². The fourth-order valence-corrected chi connectivity index (χ4v) is 5.66. The maximum Gasteiger partial charge on any atom is 0.430 e. The lowest BCUT2D eigenvalue weighted by Crippen LogP contribution is -2.57. The molecule has 212 valence electrons. The topological polar surface area (TPSA) is 83.0 Å². The lowest BCUT2D eigenvalue weighted by Gasteiger charge is -2.40. The van der Waals surface area contributed by atoms with Gasteiger partial charge in [0, 0.05) is 37.8 Å². The van der Waals surface area contributed by atoms with Crippen molar-refractivity contribution < 1.29 is 37.0 Å². The highest BCUT2D eigenvalue weighted by Crippen LogP contribution is 2.43. The van der Waals surface area contributed by atoms with E-state index in [-0.39, 0.29) is 29.9 Å². The number of aldehydes is 1. The Bertz CT molecular complexity index is 1200. The van der Waals surface area contributed by atoms with E-state index in [9.17, 15) is 32.3 Å². The van der Waals surface area contributed by atoms with Crippen LogP contribution in [0, 0.1) is 17.7 Å². The van der Waals surface area contributed by atoms with Crippen LogP contribution in [0.1, 0.15) is 48.0 Å². The lowest BCUT2D eigenvalue weighted by molar-refractivity contribution is -0.262. The molecule has 1 amide bonds. The molecule has 0 spiro atoms. The molecule has 3 heterocycles. The van der Waals surface area contributed by atoms with E-state index in [4.69, 9.17) is 16.3 Å². The molecule has 0 bridgehead atoms. The summed E-state index contributed by atoms with van der Waals surface area (Å²) in [4.78, 5) is 31.4. The molecule has 0 radical (unpaired) electrons. The van der Waals surface area contributed by atoms with Crippen LogP contribution in [-0.2, 0) is 10.4 Å². The molecule has 0 saturated carbocycles. The number of carbonyl (C=O) groups excluding carboxylic acids is 2. The van der Waals surface area contributed by atoms with E-state index in [1.165, 1.54) is 0 Å². The van der Waals surface area contributed by atoms with Crippen LogP contribution in [0.5, 0.6) is 5.75 Å². The molecule has 1 atom stereocenters. The number of hydrogen-bond donors (Lipinski definition) is 1. The molecule has 1 aromatic carbocycles. The Kier molecular flexibility index (Phi) is 8.70. The Balaban J connectivity index is 1.34. The summed E-state index contributed by atoms with van der Waals surface area (Å²) in [5.74, 6) is -1.43. The summed E-state index contributed by atoms with van der Waals surface area (Å²) in [6.07, 6.45) is -0.981. The van der Waals surface area contributed by atoms with E-state index in [0.29, 0.717) is 42.5 Å². The van der Waals surface area contributed by atoms with Gasteiger partial charge in [0.05, 0.1) is 12.7 Å². The second-order valence-corrected chi connectivity index (χ2v) is 10.5. The molecule has 2 saturated heterocycles. The number of halogens is 5. The standard InChI is InChI=1S/C27H30ClF4N3O4/c1-39-22-14-20(13-21(29)15-22)26(38,27(30,31)32)25(37)35-10-6-18(7-11-35)12-17-4-8-34(9-5-17)23-3-2-19(16-36)24(28)33-23/h2-3,13-18,38H,4-12H2,1H3. The summed E-state index contributed by atoms with van der Waals surface area (Å²) in [5, 5.41) is 10.9. The molecule has 1 aromatic heterocycles. The third kappa shape index (κ3) is 6.14. The first-order valence-corrected chi connectivity index (χ1v) is 13.1. The van der Waals surface area contributed by atoms with Crippen molar-refractivity contribution in [2.75, 3.05) is 38.2 Å². The van der Waals surface area contributed by atoms with Gasteiger partial charge < -0.3 is 19.6 Å². The number of pyridine rings is 1. The molecule has 2 fully saturated rings. The van der Waals surface area contributed by atoms with Gasteiger partial charge in [-0.25, -0.2) is 9.37 Å². The SMILES string of the molecule is COc1cc(F)cc(C(O)(C(=O)N2CCC(CC3CCN(c4ccc(C=O)c(Cl)n4)CC3)CC2)C(F)(F)F)c1. The van der Waals surface area contributed by atoms with Crippen molar-refractivity contribution in [3.05, 3.63) is 52.4 Å². The minimum Gasteiger partial charge on any atom is -0.497 e. The molecule has 1 N–H and O–H groups in total. The van der Waals surface area contributed by atoms with Crippen LogP contribution in [-0.4, -0.2) is 66.6 Å². The zero-order valence-electron chi connectivity index (χ0n) is 21.4. The highest BCUT2D eigenvalue weighted by Gasteiger charge is 2.62. The van der Waals surface area contributed by atoms with Crippen molar-refractivity contribution in [2.45, 2.75) is 43.9 Å². The van der Waals surface area contributed by atoms with Gasteiger partial charge >= 0.3 is 6.18 Å². The monoisotopic (exact) mass is 571 g/mol. The highest BCUT2D eigenvalue weighted by molar-refractivity contribution is 6.31. The molecular formula is C27H30ClF4N3O4. The third-order valence-corrected chi connectivity index (χ3v) is 8.04. The molecule has 39 heavy (non-hydrogen) atoms. The number of carbonyl (C=O) groups is 2. The predicted molar refractivity (Wildman–Crippen MR) is 136 cm³/mol. The average Bonchev–Trinajstić information content (AvgIpc) is 2.92. The molecular weight excluding hydrogens is 542 g/mol. The zero-order valence-corrected chi connectivity index (χ0v) is 22.1. The molecule has 4 rings (SSSR count). The van der Waals surface area contributed by atoms with Crippen molar-refractivity contribution >= 4 is 29.6 Å². The van der Waals surface area contributed by atoms with Crippen LogP contribution in [0.2, 0.25) is 5.15 Å². The number of likely N-dealkylation sites (tertiary alicyclic amines) is 1. The van der Waals surface area contributed by atoms with Crippen molar-refractivity contribution in [3.8, 4) is 5.75 Å². The number of aromatic nitrogens is 1. The maximum atomic E-state index is 14.1. The minimum absolute atomic E-state index is 0.0681. The highest BCUT2D eigenvalue weighted by atomic mass is 35.5. The van der Waals surface area contributed by atoms with E-state index in [1.807, 2.05) is 0 Å². The summed E-state index contributed by atoms with van der Waals surface area (Å²) in [5.41, 5.74) is -4.46. The number of alkyl halides is 3. The van der Waals surface area contributed by atoms with Crippen molar-refractivity contribution in [3.63, 3.8) is 0 Å². The number of hydrogen-bond acceptors (Lipinski definition) is 6. The lowest BCUT2D eigenvalue weighted by atomic mass is 9.82. The molecule has 0 aliphatic carbocycles. The van der Waals surface area contributed by atoms with Crippen LogP contribution < -0.4 is 9.64 Å². The Morgan fingerprint density at radius 3 is 2.26 bits per heavy atom. The average molecular weight is 572 g/mol. The molecule has 12 heteroatoms. The van der Waals surface area contributed by atoms with Gasteiger partial charge in [-0.15, -0.1) is 0 Å². The number of benzene rings is 1. The summed E-state index contributed by atoms with van der Waals surface area (Å²) in [7, 11) is 1.15. The van der Waals surface area contributed by atoms with Gasteiger partial charge in [-0.05, 0) is 68.2 Å². The van der Waals surface area contributed by atoms with Crippen molar-refractivity contribution in [2.24, 2.45) is 11.8 Å². The van der Waals surface area contributed by atoms with Crippen LogP contribution in [0.4, 0.5) is 23.4 Å². The maximum absolute atomic E-state index is 14.1. The van der Waals surface area contributed by atoms with Gasteiger partial charge in [-0.1, -0.05) is 11.6 Å². The Labute approximate surface area is 228 Å². The summed E-state index contributed by atoms with van der Waals surface area (Å²) < 4.78 is 61.0. The summed E-state index contributed by atoms with van der Waals surface area (Å²) in [6, 6.07) is 5.62. The van der Waals surface area contributed by atoms with Gasteiger partial charge in [0.15, 0.2) is 6.29 Å². The number of piperidine rings is 2. The fourth-order valence-electron chi connectivity index (χ4n) is 5.47. The Morgan fingerprint density at radius 2 is 1.72 bits per heavy atom. The fraction of sp³-hybridized carbons (Fsp3) is 0.519. The molecule has 7 nitrogen and oxygen atoms in total. The zero-order chi connectivity index (χ0) is 28.4.